The number of nitrogens with two attached hydrogens (primary N) is 1. The van der Waals surface area contributed by atoms with Crippen LogP contribution >= 0.6 is 11.3 Å². The first-order valence-electron chi connectivity index (χ1n) is 5.98. The van der Waals surface area contributed by atoms with Crippen LogP contribution in [0.3, 0.4) is 0 Å². The van der Waals surface area contributed by atoms with Crippen molar-refractivity contribution in [2.24, 2.45) is 5.73 Å². The second-order valence-electron chi connectivity index (χ2n) is 4.26. The molecule has 0 saturated heterocycles. The molecule has 1 aromatic heterocycles. The van der Waals surface area contributed by atoms with E-state index in [2.05, 4.69) is 4.98 Å². The smallest absolute Gasteiger partial charge is 0.269 e. The maximum atomic E-state index is 10.6. The summed E-state index contributed by atoms with van der Waals surface area (Å²) in [6, 6.07) is 6.60. The number of rotatable bonds is 5. The summed E-state index contributed by atoms with van der Waals surface area (Å²) in [5.74, 6) is 0. The largest absolute Gasteiger partial charge is 0.330 e. The standard InChI is InChI=1S/C13H15N3O2S/c1-9-12(6-7-14)19-13(15-9)8-10-2-4-11(5-3-10)16(17)18/h2-5H,6-8,14H2,1H3. The first-order chi connectivity index (χ1) is 9.10. The van der Waals surface area contributed by atoms with Gasteiger partial charge < -0.3 is 5.73 Å². The van der Waals surface area contributed by atoms with Gasteiger partial charge in [-0.2, -0.15) is 0 Å². The Morgan fingerprint density at radius 2 is 2.05 bits per heavy atom. The fourth-order valence-electron chi connectivity index (χ4n) is 1.84. The van der Waals surface area contributed by atoms with Gasteiger partial charge in [0.05, 0.1) is 15.6 Å². The number of nitrogens with zero attached hydrogens (tertiary/aromatic N) is 2. The highest BCUT2D eigenvalue weighted by Crippen LogP contribution is 2.22. The van der Waals surface area contributed by atoms with E-state index in [1.54, 1.807) is 23.5 Å². The molecule has 19 heavy (non-hydrogen) atoms. The molecule has 1 aromatic carbocycles. The summed E-state index contributed by atoms with van der Waals surface area (Å²) < 4.78 is 0. The Balaban J connectivity index is 2.12. The van der Waals surface area contributed by atoms with Crippen molar-refractivity contribution in [3.8, 4) is 0 Å². The highest BCUT2D eigenvalue weighted by Gasteiger charge is 2.09. The van der Waals surface area contributed by atoms with E-state index in [0.29, 0.717) is 13.0 Å². The van der Waals surface area contributed by atoms with Gasteiger partial charge in [0.25, 0.3) is 5.69 Å². The molecule has 0 fully saturated rings. The van der Waals surface area contributed by atoms with Gasteiger partial charge in [-0.1, -0.05) is 12.1 Å². The zero-order chi connectivity index (χ0) is 13.8. The molecule has 100 valence electrons. The summed E-state index contributed by atoms with van der Waals surface area (Å²) >= 11 is 1.66. The minimum absolute atomic E-state index is 0.114. The van der Waals surface area contributed by atoms with Crippen LogP contribution in [0.4, 0.5) is 5.69 Å². The molecule has 2 N–H and O–H groups in total. The molecule has 0 aliphatic carbocycles. The topological polar surface area (TPSA) is 82.0 Å². The van der Waals surface area contributed by atoms with E-state index in [1.807, 2.05) is 6.92 Å². The Morgan fingerprint density at radius 1 is 1.37 bits per heavy atom. The average molecular weight is 277 g/mol. The van der Waals surface area contributed by atoms with Crippen LogP contribution in [0.1, 0.15) is 21.1 Å². The van der Waals surface area contributed by atoms with Crippen molar-refractivity contribution in [3.63, 3.8) is 0 Å². The Hall–Kier alpha value is -1.79. The van der Waals surface area contributed by atoms with Crippen molar-refractivity contribution < 1.29 is 4.92 Å². The van der Waals surface area contributed by atoms with Crippen LogP contribution < -0.4 is 5.73 Å². The zero-order valence-corrected chi connectivity index (χ0v) is 11.4. The lowest BCUT2D eigenvalue weighted by Gasteiger charge is -1.97. The highest BCUT2D eigenvalue weighted by molar-refractivity contribution is 7.11. The summed E-state index contributed by atoms with van der Waals surface area (Å²) in [7, 11) is 0. The second kappa shape index (κ2) is 5.90. The molecule has 6 heteroatoms. The summed E-state index contributed by atoms with van der Waals surface area (Å²) in [5, 5.41) is 11.6. The lowest BCUT2D eigenvalue weighted by Crippen LogP contribution is -2.01. The summed E-state index contributed by atoms with van der Waals surface area (Å²) in [6.07, 6.45) is 1.55. The number of benzene rings is 1. The molecule has 2 aromatic rings. The van der Waals surface area contributed by atoms with Crippen LogP contribution in [0.15, 0.2) is 24.3 Å². The Morgan fingerprint density at radius 3 is 2.63 bits per heavy atom. The molecule has 0 unspecified atom stereocenters. The van der Waals surface area contributed by atoms with Gasteiger partial charge in [-0.15, -0.1) is 11.3 Å². The van der Waals surface area contributed by atoms with Gasteiger partial charge in [-0.25, -0.2) is 4.98 Å². The molecule has 0 radical (unpaired) electrons. The first-order valence-corrected chi connectivity index (χ1v) is 6.80. The van der Waals surface area contributed by atoms with E-state index in [-0.39, 0.29) is 5.69 Å². The van der Waals surface area contributed by atoms with Gasteiger partial charge >= 0.3 is 0 Å². The predicted octanol–water partition coefficient (Wildman–Crippen LogP) is 2.45. The third-order valence-electron chi connectivity index (χ3n) is 2.81. The maximum absolute atomic E-state index is 10.6. The normalized spacial score (nSPS) is 10.6. The number of nitro groups is 1. The van der Waals surface area contributed by atoms with Crippen LogP contribution in [0.5, 0.6) is 0 Å². The van der Waals surface area contributed by atoms with E-state index < -0.39 is 4.92 Å². The van der Waals surface area contributed by atoms with Crippen molar-refractivity contribution in [3.05, 3.63) is 55.5 Å². The van der Waals surface area contributed by atoms with E-state index in [4.69, 9.17) is 5.73 Å². The number of thiazole rings is 1. The van der Waals surface area contributed by atoms with Crippen LogP contribution in [0.25, 0.3) is 0 Å². The lowest BCUT2D eigenvalue weighted by molar-refractivity contribution is -0.384. The number of hydrogen-bond acceptors (Lipinski definition) is 5. The van der Waals surface area contributed by atoms with Crippen LogP contribution in [0, 0.1) is 17.0 Å². The molecular weight excluding hydrogens is 262 g/mol. The van der Waals surface area contributed by atoms with Gasteiger partial charge in [0, 0.05) is 23.4 Å². The molecule has 5 nitrogen and oxygen atoms in total. The molecule has 0 amide bonds. The molecule has 0 aliphatic heterocycles. The summed E-state index contributed by atoms with van der Waals surface area (Å²) in [4.78, 5) is 15.9. The number of aromatic nitrogens is 1. The predicted molar refractivity (Wildman–Crippen MR) is 75.5 cm³/mol. The van der Waals surface area contributed by atoms with Crippen molar-refractivity contribution >= 4 is 17.0 Å². The molecular formula is C13H15N3O2S. The zero-order valence-electron chi connectivity index (χ0n) is 10.6. The van der Waals surface area contributed by atoms with Gasteiger partial charge in [-0.3, -0.25) is 10.1 Å². The third-order valence-corrected chi connectivity index (χ3v) is 4.03. The second-order valence-corrected chi connectivity index (χ2v) is 5.42. The van der Waals surface area contributed by atoms with Gasteiger partial charge in [0.2, 0.25) is 0 Å². The molecule has 1 heterocycles. The quantitative estimate of drug-likeness (QED) is 0.672. The number of non-ortho nitro benzene ring substituents is 1. The minimum Gasteiger partial charge on any atom is -0.330 e. The fraction of sp³-hybridized carbons (Fsp3) is 0.308. The number of aryl methyl sites for hydroxylation is 1. The monoisotopic (exact) mass is 277 g/mol. The van der Waals surface area contributed by atoms with Crippen molar-refractivity contribution in [2.75, 3.05) is 6.54 Å². The molecule has 0 spiro atoms. The molecule has 0 aliphatic rings. The fourth-order valence-corrected chi connectivity index (χ4v) is 2.96. The van der Waals surface area contributed by atoms with E-state index in [1.165, 1.54) is 17.0 Å². The summed E-state index contributed by atoms with van der Waals surface area (Å²) in [6.45, 7) is 2.61. The van der Waals surface area contributed by atoms with E-state index >= 15 is 0 Å². The van der Waals surface area contributed by atoms with Crippen molar-refractivity contribution in [1.82, 2.24) is 4.98 Å². The minimum atomic E-state index is -0.392. The van der Waals surface area contributed by atoms with E-state index in [0.717, 1.165) is 22.7 Å². The van der Waals surface area contributed by atoms with E-state index in [9.17, 15) is 10.1 Å². The number of nitro benzene ring substituents is 1. The van der Waals surface area contributed by atoms with Crippen molar-refractivity contribution in [2.45, 2.75) is 19.8 Å². The van der Waals surface area contributed by atoms with Crippen LogP contribution in [0.2, 0.25) is 0 Å². The van der Waals surface area contributed by atoms with Gasteiger partial charge in [0.15, 0.2) is 0 Å². The van der Waals surface area contributed by atoms with Crippen LogP contribution in [-0.4, -0.2) is 16.5 Å². The van der Waals surface area contributed by atoms with Crippen molar-refractivity contribution in [1.29, 1.82) is 0 Å². The first kappa shape index (κ1) is 13.6. The Kier molecular flexibility index (Phi) is 4.24. The third kappa shape index (κ3) is 3.36. The highest BCUT2D eigenvalue weighted by atomic mass is 32.1. The maximum Gasteiger partial charge on any atom is 0.269 e. The lowest BCUT2D eigenvalue weighted by atomic mass is 10.1. The average Bonchev–Trinajstić information content (AvgIpc) is 2.71. The molecule has 2 rings (SSSR count). The number of hydrogen-bond donors (Lipinski definition) is 1. The SMILES string of the molecule is Cc1nc(Cc2ccc([N+](=O)[O-])cc2)sc1CCN. The van der Waals surface area contributed by atoms with Gasteiger partial charge in [-0.05, 0) is 25.5 Å². The van der Waals surface area contributed by atoms with Gasteiger partial charge in [0.1, 0.15) is 0 Å². The molecule has 0 saturated carbocycles. The molecule has 0 atom stereocenters. The Bertz CT molecular complexity index is 578. The summed E-state index contributed by atoms with van der Waals surface area (Å²) in [5.41, 5.74) is 7.73. The van der Waals surface area contributed by atoms with Crippen LogP contribution in [-0.2, 0) is 12.8 Å². The molecule has 0 bridgehead atoms. The Labute approximate surface area is 115 Å².